The van der Waals surface area contributed by atoms with Gasteiger partial charge < -0.3 is 10.6 Å². The molecule has 0 unspecified atom stereocenters. The van der Waals surface area contributed by atoms with Crippen LogP contribution in [0.25, 0.3) is 0 Å². The Morgan fingerprint density at radius 3 is 2.50 bits per heavy atom. The van der Waals surface area contributed by atoms with E-state index in [9.17, 15) is 4.79 Å². The van der Waals surface area contributed by atoms with E-state index >= 15 is 0 Å². The van der Waals surface area contributed by atoms with Crippen LogP contribution in [0.5, 0.6) is 0 Å². The van der Waals surface area contributed by atoms with Crippen LogP contribution in [0.4, 0.5) is 4.79 Å². The van der Waals surface area contributed by atoms with Crippen molar-refractivity contribution in [2.75, 3.05) is 6.54 Å². The van der Waals surface area contributed by atoms with Crippen molar-refractivity contribution in [3.63, 3.8) is 0 Å². The van der Waals surface area contributed by atoms with Gasteiger partial charge in [0, 0.05) is 6.54 Å². The number of hydrogen-bond donors (Lipinski definition) is 2. The summed E-state index contributed by atoms with van der Waals surface area (Å²) in [6.45, 7) is 5.06. The summed E-state index contributed by atoms with van der Waals surface area (Å²) in [5.74, 6) is 0.620. The Labute approximate surface area is 109 Å². The molecule has 2 N–H and O–H groups in total. The maximum atomic E-state index is 11.8. The summed E-state index contributed by atoms with van der Waals surface area (Å²) in [6.07, 6.45) is 3.09. The SMILES string of the molecule is CC(C)CCNC(=O)NC1(c2ccccc2)CC1. The lowest BCUT2D eigenvalue weighted by Gasteiger charge is -2.18. The Morgan fingerprint density at radius 1 is 1.28 bits per heavy atom. The molecule has 0 aliphatic heterocycles. The van der Waals surface area contributed by atoms with Gasteiger partial charge in [0.2, 0.25) is 0 Å². The van der Waals surface area contributed by atoms with Gasteiger partial charge in [0.1, 0.15) is 0 Å². The molecule has 0 atom stereocenters. The van der Waals surface area contributed by atoms with E-state index in [-0.39, 0.29) is 11.6 Å². The van der Waals surface area contributed by atoms with Crippen LogP contribution in [0.15, 0.2) is 30.3 Å². The molecule has 0 heterocycles. The summed E-state index contributed by atoms with van der Waals surface area (Å²) in [7, 11) is 0. The van der Waals surface area contributed by atoms with Crippen LogP contribution in [0.3, 0.4) is 0 Å². The largest absolute Gasteiger partial charge is 0.338 e. The third-order valence-electron chi connectivity index (χ3n) is 3.44. The molecule has 1 aliphatic carbocycles. The fourth-order valence-electron chi connectivity index (χ4n) is 2.10. The number of carbonyl (C=O) groups excluding carboxylic acids is 1. The van der Waals surface area contributed by atoms with Gasteiger partial charge in [-0.1, -0.05) is 44.2 Å². The van der Waals surface area contributed by atoms with Crippen molar-refractivity contribution >= 4 is 6.03 Å². The molecule has 0 saturated heterocycles. The van der Waals surface area contributed by atoms with Crippen LogP contribution in [0.1, 0.15) is 38.7 Å². The zero-order valence-electron chi connectivity index (χ0n) is 11.2. The van der Waals surface area contributed by atoms with Gasteiger partial charge in [0.25, 0.3) is 0 Å². The maximum Gasteiger partial charge on any atom is 0.315 e. The van der Waals surface area contributed by atoms with Gasteiger partial charge in [-0.25, -0.2) is 4.79 Å². The third-order valence-corrected chi connectivity index (χ3v) is 3.44. The molecule has 2 rings (SSSR count). The van der Waals surface area contributed by atoms with E-state index in [0.29, 0.717) is 5.92 Å². The fraction of sp³-hybridized carbons (Fsp3) is 0.533. The lowest BCUT2D eigenvalue weighted by atomic mass is 10.1. The van der Waals surface area contributed by atoms with Crippen molar-refractivity contribution in [3.8, 4) is 0 Å². The zero-order valence-corrected chi connectivity index (χ0v) is 11.2. The van der Waals surface area contributed by atoms with Gasteiger partial charge in [-0.05, 0) is 30.7 Å². The average molecular weight is 246 g/mol. The van der Waals surface area contributed by atoms with Crippen LogP contribution < -0.4 is 10.6 Å². The van der Waals surface area contributed by atoms with E-state index in [4.69, 9.17) is 0 Å². The monoisotopic (exact) mass is 246 g/mol. The first-order chi connectivity index (χ1) is 8.62. The minimum absolute atomic E-state index is 0.0444. The highest BCUT2D eigenvalue weighted by atomic mass is 16.2. The quantitative estimate of drug-likeness (QED) is 0.824. The number of carbonyl (C=O) groups is 1. The van der Waals surface area contributed by atoms with Crippen LogP contribution >= 0.6 is 0 Å². The third kappa shape index (κ3) is 3.25. The van der Waals surface area contributed by atoms with Gasteiger partial charge >= 0.3 is 6.03 Å². The van der Waals surface area contributed by atoms with Crippen molar-refractivity contribution in [2.45, 2.75) is 38.6 Å². The molecule has 3 nitrogen and oxygen atoms in total. The summed E-state index contributed by atoms with van der Waals surface area (Å²) in [4.78, 5) is 11.8. The van der Waals surface area contributed by atoms with E-state index in [0.717, 1.165) is 25.8 Å². The van der Waals surface area contributed by atoms with E-state index in [1.165, 1.54) is 5.56 Å². The van der Waals surface area contributed by atoms with Crippen molar-refractivity contribution in [3.05, 3.63) is 35.9 Å². The molecule has 0 spiro atoms. The number of nitrogens with one attached hydrogen (secondary N) is 2. The molecular weight excluding hydrogens is 224 g/mol. The molecule has 0 radical (unpaired) electrons. The molecule has 3 heteroatoms. The first-order valence-corrected chi connectivity index (χ1v) is 6.74. The lowest BCUT2D eigenvalue weighted by molar-refractivity contribution is 0.235. The Balaban J connectivity index is 1.84. The summed E-state index contributed by atoms with van der Waals surface area (Å²) < 4.78 is 0. The standard InChI is InChI=1S/C15H22N2O/c1-12(2)8-11-16-14(18)17-15(9-10-15)13-6-4-3-5-7-13/h3-7,12H,8-11H2,1-2H3,(H2,16,17,18). The minimum Gasteiger partial charge on any atom is -0.338 e. The van der Waals surface area contributed by atoms with E-state index in [1.807, 2.05) is 18.2 Å². The van der Waals surface area contributed by atoms with Crippen LogP contribution in [-0.2, 0) is 5.54 Å². The number of rotatable bonds is 5. The molecule has 18 heavy (non-hydrogen) atoms. The molecule has 98 valence electrons. The van der Waals surface area contributed by atoms with Crippen molar-refractivity contribution in [2.24, 2.45) is 5.92 Å². The Morgan fingerprint density at radius 2 is 1.94 bits per heavy atom. The lowest BCUT2D eigenvalue weighted by Crippen LogP contribution is -2.42. The van der Waals surface area contributed by atoms with Gasteiger partial charge in [0.15, 0.2) is 0 Å². The van der Waals surface area contributed by atoms with Gasteiger partial charge in [-0.3, -0.25) is 0 Å². The highest BCUT2D eigenvalue weighted by Gasteiger charge is 2.45. The van der Waals surface area contributed by atoms with Crippen molar-refractivity contribution < 1.29 is 4.79 Å². The molecule has 1 aromatic rings. The highest BCUT2D eigenvalue weighted by Crippen LogP contribution is 2.45. The average Bonchev–Trinajstić information content (AvgIpc) is 3.10. The smallest absolute Gasteiger partial charge is 0.315 e. The molecule has 0 aromatic heterocycles. The summed E-state index contributed by atoms with van der Waals surface area (Å²) in [5, 5.41) is 6.04. The Bertz CT molecular complexity index is 396. The molecule has 1 aliphatic rings. The van der Waals surface area contributed by atoms with Gasteiger partial charge in [0.05, 0.1) is 5.54 Å². The topological polar surface area (TPSA) is 41.1 Å². The number of benzene rings is 1. The minimum atomic E-state index is -0.108. The van der Waals surface area contributed by atoms with Crippen LogP contribution in [0, 0.1) is 5.92 Å². The second kappa shape index (κ2) is 5.42. The van der Waals surface area contributed by atoms with Crippen molar-refractivity contribution in [1.82, 2.24) is 10.6 Å². The highest BCUT2D eigenvalue weighted by molar-refractivity contribution is 5.75. The molecule has 2 amide bonds. The molecular formula is C15H22N2O. The van der Waals surface area contributed by atoms with Crippen LogP contribution in [-0.4, -0.2) is 12.6 Å². The maximum absolute atomic E-state index is 11.8. The number of urea groups is 1. The molecule has 1 saturated carbocycles. The Hall–Kier alpha value is -1.51. The predicted molar refractivity (Wildman–Crippen MR) is 73.3 cm³/mol. The Kier molecular flexibility index (Phi) is 3.90. The molecule has 0 bridgehead atoms. The van der Waals surface area contributed by atoms with Gasteiger partial charge in [-0.15, -0.1) is 0 Å². The summed E-state index contributed by atoms with van der Waals surface area (Å²) >= 11 is 0. The molecule has 1 aromatic carbocycles. The normalized spacial score (nSPS) is 16.4. The number of hydrogen-bond acceptors (Lipinski definition) is 1. The molecule has 1 fully saturated rings. The predicted octanol–water partition coefficient (Wildman–Crippen LogP) is 3.02. The first-order valence-electron chi connectivity index (χ1n) is 6.74. The second-order valence-electron chi connectivity index (χ2n) is 5.51. The van der Waals surface area contributed by atoms with Crippen LogP contribution in [0.2, 0.25) is 0 Å². The number of amides is 2. The fourth-order valence-corrected chi connectivity index (χ4v) is 2.10. The second-order valence-corrected chi connectivity index (χ2v) is 5.51. The summed E-state index contributed by atoms with van der Waals surface area (Å²) in [6, 6.07) is 10.2. The summed E-state index contributed by atoms with van der Waals surface area (Å²) in [5.41, 5.74) is 1.10. The van der Waals surface area contributed by atoms with E-state index in [1.54, 1.807) is 0 Å². The van der Waals surface area contributed by atoms with Crippen molar-refractivity contribution in [1.29, 1.82) is 0 Å². The zero-order chi connectivity index (χ0) is 13.0. The van der Waals surface area contributed by atoms with Gasteiger partial charge in [-0.2, -0.15) is 0 Å². The van der Waals surface area contributed by atoms with E-state index in [2.05, 4.69) is 36.6 Å². The first kappa shape index (κ1) is 12.9. The van der Waals surface area contributed by atoms with E-state index < -0.39 is 0 Å².